The molecule has 1 aromatic rings. The molecule has 0 saturated heterocycles. The van der Waals surface area contributed by atoms with E-state index in [0.717, 1.165) is 31.6 Å². The van der Waals surface area contributed by atoms with Crippen LogP contribution in [-0.2, 0) is 0 Å². The lowest BCUT2D eigenvalue weighted by Gasteiger charge is -2.24. The molecule has 0 spiro atoms. The summed E-state index contributed by atoms with van der Waals surface area (Å²) >= 11 is 13.1. The molecule has 1 aromatic heterocycles. The van der Waals surface area contributed by atoms with Crippen molar-refractivity contribution in [3.63, 3.8) is 0 Å². The molecule has 0 unspecified atom stereocenters. The molecule has 2 rings (SSSR count). The number of rotatable bonds is 2. The average Bonchev–Trinajstić information content (AvgIpc) is 2.58. The van der Waals surface area contributed by atoms with Crippen LogP contribution in [0.1, 0.15) is 43.0 Å². The van der Waals surface area contributed by atoms with E-state index in [0.29, 0.717) is 14.2 Å². The van der Waals surface area contributed by atoms with E-state index in [1.165, 1.54) is 11.3 Å². The molecule has 1 aliphatic rings. The topological polar surface area (TPSA) is 17.1 Å². The molecule has 1 nitrogen and oxygen atoms in total. The summed E-state index contributed by atoms with van der Waals surface area (Å²) in [5, 5.41) is 0. The van der Waals surface area contributed by atoms with Gasteiger partial charge < -0.3 is 0 Å². The smallest absolute Gasteiger partial charge is 0.168 e. The summed E-state index contributed by atoms with van der Waals surface area (Å²) in [5.74, 6) is 1.09. The number of hydrogen-bond acceptors (Lipinski definition) is 2. The maximum absolute atomic E-state index is 12.2. The Hall–Kier alpha value is -0.0500. The highest BCUT2D eigenvalue weighted by Crippen LogP contribution is 2.36. The molecular weight excluding hydrogens is 263 g/mol. The predicted octanol–water partition coefficient (Wildman–Crippen LogP) is 5.06. The summed E-state index contributed by atoms with van der Waals surface area (Å²) in [6.45, 7) is 2.25. The highest BCUT2D eigenvalue weighted by Gasteiger charge is 2.27. The van der Waals surface area contributed by atoms with Crippen LogP contribution >= 0.6 is 34.5 Å². The van der Waals surface area contributed by atoms with Crippen molar-refractivity contribution in [1.82, 2.24) is 0 Å². The molecule has 0 aliphatic heterocycles. The zero-order valence-corrected chi connectivity index (χ0v) is 11.5. The molecular formula is C12H14Cl2OS. The Kier molecular flexibility index (Phi) is 3.93. The van der Waals surface area contributed by atoms with Gasteiger partial charge in [-0.05, 0) is 24.8 Å². The zero-order valence-electron chi connectivity index (χ0n) is 9.13. The van der Waals surface area contributed by atoms with E-state index in [9.17, 15) is 4.79 Å². The molecule has 0 bridgehead atoms. The number of carbonyl (C=O) groups excluding carboxylic acids is 1. The summed E-state index contributed by atoms with van der Waals surface area (Å²) in [5.41, 5.74) is 0.621. The zero-order chi connectivity index (χ0) is 11.7. The van der Waals surface area contributed by atoms with Crippen molar-refractivity contribution in [3.8, 4) is 0 Å². The second-order valence-corrected chi connectivity index (χ2v) is 6.84. The van der Waals surface area contributed by atoms with Crippen LogP contribution in [0, 0.1) is 11.8 Å². The van der Waals surface area contributed by atoms with Crippen molar-refractivity contribution < 1.29 is 4.79 Å². The number of carbonyl (C=O) groups is 1. The molecule has 0 amide bonds. The van der Waals surface area contributed by atoms with Gasteiger partial charge in [-0.3, -0.25) is 4.79 Å². The average molecular weight is 277 g/mol. The van der Waals surface area contributed by atoms with Crippen LogP contribution in [0.25, 0.3) is 0 Å². The van der Waals surface area contributed by atoms with Crippen LogP contribution in [0.5, 0.6) is 0 Å². The molecule has 4 heteroatoms. The summed E-state index contributed by atoms with van der Waals surface area (Å²) in [6.07, 6.45) is 4.27. The van der Waals surface area contributed by atoms with Crippen molar-refractivity contribution in [1.29, 1.82) is 0 Å². The Morgan fingerprint density at radius 3 is 2.44 bits per heavy atom. The van der Waals surface area contributed by atoms with Gasteiger partial charge in [-0.1, -0.05) is 43.0 Å². The Bertz CT molecular complexity index is 392. The lowest BCUT2D eigenvalue weighted by molar-refractivity contribution is 0.0876. The second-order valence-electron chi connectivity index (χ2n) is 4.56. The van der Waals surface area contributed by atoms with Gasteiger partial charge in [0.15, 0.2) is 5.78 Å². The first kappa shape index (κ1) is 12.4. The Morgan fingerprint density at radius 2 is 1.94 bits per heavy atom. The first-order valence-corrected chi connectivity index (χ1v) is 7.14. The fourth-order valence-corrected chi connectivity index (χ4v) is 3.72. The minimum absolute atomic E-state index is 0.152. The molecule has 0 aromatic carbocycles. The van der Waals surface area contributed by atoms with E-state index >= 15 is 0 Å². The van der Waals surface area contributed by atoms with Crippen LogP contribution in [0.15, 0.2) is 6.07 Å². The van der Waals surface area contributed by atoms with Crippen LogP contribution in [-0.4, -0.2) is 5.78 Å². The first-order chi connectivity index (χ1) is 7.58. The van der Waals surface area contributed by atoms with Crippen molar-refractivity contribution in [2.45, 2.75) is 32.6 Å². The summed E-state index contributed by atoms with van der Waals surface area (Å²) in [7, 11) is 0. The van der Waals surface area contributed by atoms with Crippen LogP contribution in [0.2, 0.25) is 8.67 Å². The highest BCUT2D eigenvalue weighted by atomic mass is 35.5. The minimum Gasteiger partial charge on any atom is -0.294 e. The number of thiophene rings is 1. The van der Waals surface area contributed by atoms with Gasteiger partial charge in [0.1, 0.15) is 4.34 Å². The fraction of sp³-hybridized carbons (Fsp3) is 0.583. The molecule has 88 valence electrons. The molecule has 16 heavy (non-hydrogen) atoms. The monoisotopic (exact) mass is 276 g/mol. The third-order valence-corrected chi connectivity index (χ3v) is 4.80. The van der Waals surface area contributed by atoms with Crippen LogP contribution in [0.4, 0.5) is 0 Å². The third-order valence-electron chi connectivity index (χ3n) is 3.31. The molecule has 1 saturated carbocycles. The van der Waals surface area contributed by atoms with Crippen LogP contribution < -0.4 is 0 Å². The van der Waals surface area contributed by atoms with Gasteiger partial charge in [-0.25, -0.2) is 0 Å². The number of Topliss-reactive ketones (excluding diaryl/α,β-unsaturated/α-hetero) is 1. The van der Waals surface area contributed by atoms with Gasteiger partial charge in [-0.2, -0.15) is 0 Å². The van der Waals surface area contributed by atoms with E-state index in [4.69, 9.17) is 23.2 Å². The van der Waals surface area contributed by atoms with Gasteiger partial charge in [0.2, 0.25) is 0 Å². The van der Waals surface area contributed by atoms with Gasteiger partial charge in [0.25, 0.3) is 0 Å². The Balaban J connectivity index is 2.10. The van der Waals surface area contributed by atoms with Crippen LogP contribution in [0.3, 0.4) is 0 Å². The van der Waals surface area contributed by atoms with E-state index < -0.39 is 0 Å². The molecule has 1 aliphatic carbocycles. The molecule has 1 fully saturated rings. The van der Waals surface area contributed by atoms with Crippen molar-refractivity contribution >= 4 is 40.3 Å². The Morgan fingerprint density at radius 1 is 1.31 bits per heavy atom. The quantitative estimate of drug-likeness (QED) is 0.690. The lowest BCUT2D eigenvalue weighted by Crippen LogP contribution is -2.20. The maximum Gasteiger partial charge on any atom is 0.168 e. The molecule has 0 N–H and O–H groups in total. The SMILES string of the molecule is CC1CCC(C(=O)c2cc(Cl)sc2Cl)CC1. The van der Waals surface area contributed by atoms with E-state index in [-0.39, 0.29) is 11.7 Å². The molecule has 1 heterocycles. The summed E-state index contributed by atoms with van der Waals surface area (Å²) in [6, 6.07) is 1.70. The van der Waals surface area contributed by atoms with Crippen molar-refractivity contribution in [3.05, 3.63) is 20.3 Å². The lowest BCUT2D eigenvalue weighted by atomic mass is 9.80. The Labute approximate surface area is 110 Å². The van der Waals surface area contributed by atoms with Gasteiger partial charge in [-0.15, -0.1) is 11.3 Å². The number of hydrogen-bond donors (Lipinski definition) is 0. The predicted molar refractivity (Wildman–Crippen MR) is 69.8 cm³/mol. The molecule has 0 atom stereocenters. The van der Waals surface area contributed by atoms with Gasteiger partial charge in [0.05, 0.1) is 4.34 Å². The number of ketones is 1. The van der Waals surface area contributed by atoms with E-state index in [2.05, 4.69) is 6.92 Å². The van der Waals surface area contributed by atoms with E-state index in [1.807, 2.05) is 0 Å². The summed E-state index contributed by atoms with van der Waals surface area (Å²) < 4.78 is 1.13. The van der Waals surface area contributed by atoms with Gasteiger partial charge in [0, 0.05) is 11.5 Å². The van der Waals surface area contributed by atoms with Gasteiger partial charge >= 0.3 is 0 Å². The fourth-order valence-electron chi connectivity index (χ4n) is 2.25. The normalized spacial score (nSPS) is 25.7. The second kappa shape index (κ2) is 5.07. The minimum atomic E-state index is 0.152. The molecule has 0 radical (unpaired) electrons. The summed E-state index contributed by atoms with van der Waals surface area (Å²) in [4.78, 5) is 12.2. The largest absolute Gasteiger partial charge is 0.294 e. The third kappa shape index (κ3) is 2.61. The maximum atomic E-state index is 12.2. The van der Waals surface area contributed by atoms with Crippen molar-refractivity contribution in [2.24, 2.45) is 11.8 Å². The van der Waals surface area contributed by atoms with Crippen molar-refractivity contribution in [2.75, 3.05) is 0 Å². The van der Waals surface area contributed by atoms with E-state index in [1.54, 1.807) is 6.07 Å². The first-order valence-electron chi connectivity index (χ1n) is 5.57. The number of halogens is 2. The standard InChI is InChI=1S/C12H14Cl2OS/c1-7-2-4-8(5-3-7)11(15)9-6-10(13)16-12(9)14/h6-8H,2-5H2,1H3. The highest BCUT2D eigenvalue weighted by molar-refractivity contribution is 7.20.